The predicted octanol–water partition coefficient (Wildman–Crippen LogP) is 4.67. The zero-order valence-electron chi connectivity index (χ0n) is 13.9. The van der Waals surface area contributed by atoms with Gasteiger partial charge in [0.1, 0.15) is 0 Å². The first kappa shape index (κ1) is 18.7. The molecule has 0 aliphatic rings. The van der Waals surface area contributed by atoms with Gasteiger partial charge in [0.2, 0.25) is 0 Å². The molecule has 0 radical (unpaired) electrons. The van der Waals surface area contributed by atoms with Crippen molar-refractivity contribution in [2.24, 2.45) is 11.3 Å². The van der Waals surface area contributed by atoms with Crippen LogP contribution < -0.4 is 5.32 Å². The topological polar surface area (TPSA) is 21.3 Å². The molecule has 120 valence electrons. The van der Waals surface area contributed by atoms with Gasteiger partial charge in [0.05, 0.1) is 6.61 Å². The Hall–Kier alpha value is -0.380. The molecule has 0 bridgehead atoms. The van der Waals surface area contributed by atoms with Gasteiger partial charge in [-0.3, -0.25) is 0 Å². The quantitative estimate of drug-likeness (QED) is 0.649. The van der Waals surface area contributed by atoms with E-state index in [0.717, 1.165) is 26.1 Å². The van der Waals surface area contributed by atoms with Gasteiger partial charge in [-0.05, 0) is 54.8 Å². The zero-order valence-corrected chi connectivity index (χ0v) is 15.5. The van der Waals surface area contributed by atoms with E-state index in [-0.39, 0.29) is 0 Å². The van der Waals surface area contributed by atoms with E-state index in [1.165, 1.54) is 22.9 Å². The van der Waals surface area contributed by atoms with Gasteiger partial charge >= 0.3 is 0 Å². The fourth-order valence-electron chi connectivity index (χ4n) is 2.39. The van der Waals surface area contributed by atoms with E-state index < -0.39 is 0 Å². The van der Waals surface area contributed by atoms with Crippen LogP contribution in [0.3, 0.4) is 0 Å². The molecule has 0 saturated heterocycles. The maximum Gasteiger partial charge on any atom is 0.0587 e. The van der Waals surface area contributed by atoms with Crippen LogP contribution in [0.15, 0.2) is 28.7 Å². The van der Waals surface area contributed by atoms with Gasteiger partial charge in [-0.1, -0.05) is 48.8 Å². The second-order valence-corrected chi connectivity index (χ2v) is 7.91. The summed E-state index contributed by atoms with van der Waals surface area (Å²) in [7, 11) is 1.75. The first-order valence-electron chi connectivity index (χ1n) is 7.85. The Bertz CT molecular complexity index is 400. The Labute approximate surface area is 138 Å². The minimum absolute atomic E-state index is 0.405. The molecule has 0 aliphatic carbocycles. The van der Waals surface area contributed by atoms with Gasteiger partial charge in [-0.25, -0.2) is 0 Å². The summed E-state index contributed by atoms with van der Waals surface area (Å²) < 4.78 is 6.27. The van der Waals surface area contributed by atoms with Crippen LogP contribution >= 0.6 is 15.9 Å². The van der Waals surface area contributed by atoms with Gasteiger partial charge in [-0.15, -0.1) is 0 Å². The van der Waals surface area contributed by atoms with Gasteiger partial charge < -0.3 is 10.1 Å². The van der Waals surface area contributed by atoms with Crippen LogP contribution in [0.5, 0.6) is 0 Å². The molecule has 0 amide bonds. The number of nitrogens with one attached hydrogen (secondary N) is 1. The Morgan fingerprint density at radius 3 is 2.67 bits per heavy atom. The van der Waals surface area contributed by atoms with Crippen LogP contribution in [0.2, 0.25) is 0 Å². The molecule has 0 aromatic heterocycles. The monoisotopic (exact) mass is 355 g/mol. The molecule has 1 N–H and O–H groups in total. The van der Waals surface area contributed by atoms with Crippen LogP contribution in [-0.2, 0) is 11.2 Å². The number of hydrogen-bond donors (Lipinski definition) is 1. The van der Waals surface area contributed by atoms with Crippen molar-refractivity contribution in [1.29, 1.82) is 0 Å². The predicted molar refractivity (Wildman–Crippen MR) is 94.8 cm³/mol. The van der Waals surface area contributed by atoms with Gasteiger partial charge in [-0.2, -0.15) is 0 Å². The maximum absolute atomic E-state index is 5.10. The molecular formula is C18H30BrNO. The van der Waals surface area contributed by atoms with Gasteiger partial charge in [0.15, 0.2) is 0 Å². The lowest BCUT2D eigenvalue weighted by Gasteiger charge is -2.24. The largest absolute Gasteiger partial charge is 0.383 e. The molecule has 0 aliphatic heterocycles. The van der Waals surface area contributed by atoms with Crippen LogP contribution in [0, 0.1) is 11.3 Å². The van der Waals surface area contributed by atoms with E-state index in [1.807, 2.05) is 0 Å². The van der Waals surface area contributed by atoms with Gasteiger partial charge in [0, 0.05) is 18.1 Å². The molecule has 2 nitrogen and oxygen atoms in total. The number of halogens is 1. The summed E-state index contributed by atoms with van der Waals surface area (Å²) in [6.45, 7) is 9.74. The van der Waals surface area contributed by atoms with E-state index in [9.17, 15) is 0 Å². The smallest absolute Gasteiger partial charge is 0.0587 e. The molecular weight excluding hydrogens is 326 g/mol. The molecule has 1 unspecified atom stereocenters. The minimum atomic E-state index is 0.405. The third-order valence-corrected chi connectivity index (χ3v) is 4.13. The molecule has 3 heteroatoms. The summed E-state index contributed by atoms with van der Waals surface area (Å²) in [5.74, 6) is 0.676. The highest BCUT2D eigenvalue weighted by Gasteiger charge is 2.16. The molecule has 1 atom stereocenters. The van der Waals surface area contributed by atoms with Crippen molar-refractivity contribution in [2.75, 3.05) is 26.8 Å². The van der Waals surface area contributed by atoms with Crippen molar-refractivity contribution in [3.63, 3.8) is 0 Å². The van der Waals surface area contributed by atoms with E-state index in [0.29, 0.717) is 11.3 Å². The van der Waals surface area contributed by atoms with Crippen LogP contribution in [-0.4, -0.2) is 26.8 Å². The van der Waals surface area contributed by atoms with Crippen molar-refractivity contribution < 1.29 is 4.74 Å². The van der Waals surface area contributed by atoms with E-state index in [1.54, 1.807) is 7.11 Å². The Balaban J connectivity index is 2.53. The van der Waals surface area contributed by atoms with Crippen LogP contribution in [0.4, 0.5) is 0 Å². The lowest BCUT2D eigenvalue weighted by Crippen LogP contribution is -2.28. The molecule has 0 saturated carbocycles. The average molecular weight is 356 g/mol. The molecule has 0 heterocycles. The molecule has 21 heavy (non-hydrogen) atoms. The number of hydrogen-bond acceptors (Lipinski definition) is 2. The second-order valence-electron chi connectivity index (χ2n) is 7.00. The molecule has 0 fully saturated rings. The van der Waals surface area contributed by atoms with E-state index in [2.05, 4.69) is 66.3 Å². The fraction of sp³-hybridized carbons (Fsp3) is 0.667. The van der Waals surface area contributed by atoms with E-state index >= 15 is 0 Å². The Morgan fingerprint density at radius 2 is 2.05 bits per heavy atom. The first-order chi connectivity index (χ1) is 9.90. The SMILES string of the molecule is COCCNCC(CCC(C)(C)C)Cc1cccc(Br)c1. The molecule has 1 rings (SSSR count). The zero-order chi connectivity index (χ0) is 15.7. The first-order valence-corrected chi connectivity index (χ1v) is 8.64. The summed E-state index contributed by atoms with van der Waals surface area (Å²) in [5.41, 5.74) is 1.82. The number of ether oxygens (including phenoxy) is 1. The number of benzene rings is 1. The van der Waals surface area contributed by atoms with Gasteiger partial charge in [0.25, 0.3) is 0 Å². The highest BCUT2D eigenvalue weighted by Crippen LogP contribution is 2.25. The second kappa shape index (κ2) is 9.60. The van der Waals surface area contributed by atoms with Crippen LogP contribution in [0.25, 0.3) is 0 Å². The third kappa shape index (κ3) is 9.28. The average Bonchev–Trinajstić information content (AvgIpc) is 2.40. The normalized spacial score (nSPS) is 13.4. The number of rotatable bonds is 9. The summed E-state index contributed by atoms with van der Waals surface area (Å²) in [6.07, 6.45) is 3.66. The highest BCUT2D eigenvalue weighted by molar-refractivity contribution is 9.10. The lowest BCUT2D eigenvalue weighted by atomic mass is 9.84. The standard InChI is InChI=1S/C18H30BrNO/c1-18(2,3)9-8-16(14-20-10-11-21-4)12-15-6-5-7-17(19)13-15/h5-7,13,16,20H,8-12,14H2,1-4H3. The summed E-state index contributed by atoms with van der Waals surface area (Å²) in [4.78, 5) is 0. The Kier molecular flexibility index (Phi) is 8.53. The Morgan fingerprint density at radius 1 is 1.29 bits per heavy atom. The summed E-state index contributed by atoms with van der Waals surface area (Å²) >= 11 is 3.56. The lowest BCUT2D eigenvalue weighted by molar-refractivity contribution is 0.196. The van der Waals surface area contributed by atoms with Crippen molar-refractivity contribution >= 4 is 15.9 Å². The fourth-order valence-corrected chi connectivity index (χ4v) is 2.84. The third-order valence-electron chi connectivity index (χ3n) is 3.63. The van der Waals surface area contributed by atoms with E-state index in [4.69, 9.17) is 4.74 Å². The van der Waals surface area contributed by atoms with Crippen molar-refractivity contribution in [1.82, 2.24) is 5.32 Å². The number of methoxy groups -OCH3 is 1. The van der Waals surface area contributed by atoms with Crippen molar-refractivity contribution in [3.8, 4) is 0 Å². The summed E-state index contributed by atoms with van der Waals surface area (Å²) in [5, 5.41) is 3.52. The highest BCUT2D eigenvalue weighted by atomic mass is 79.9. The van der Waals surface area contributed by atoms with Crippen molar-refractivity contribution in [3.05, 3.63) is 34.3 Å². The minimum Gasteiger partial charge on any atom is -0.383 e. The summed E-state index contributed by atoms with van der Waals surface area (Å²) in [6, 6.07) is 8.67. The maximum atomic E-state index is 5.10. The molecule has 1 aromatic carbocycles. The molecule has 0 spiro atoms. The van der Waals surface area contributed by atoms with Crippen molar-refractivity contribution in [2.45, 2.75) is 40.0 Å². The molecule has 1 aromatic rings. The van der Waals surface area contributed by atoms with Crippen LogP contribution in [0.1, 0.15) is 39.2 Å².